The van der Waals surface area contributed by atoms with Crippen LogP contribution in [0.2, 0.25) is 0 Å². The Balaban J connectivity index is 3.10. The lowest BCUT2D eigenvalue weighted by molar-refractivity contribution is -0.142. The highest BCUT2D eigenvalue weighted by molar-refractivity contribution is 5.67. The highest BCUT2D eigenvalue weighted by Gasteiger charge is 2.15. The molecule has 14 nitrogen and oxygen atoms in total. The van der Waals surface area contributed by atoms with Crippen molar-refractivity contribution < 1.29 is 61.7 Å². The number of hydrogen-bond acceptors (Lipinski definition) is 13. The number of rotatable bonds is 30. The average molecular weight is 600 g/mol. The van der Waals surface area contributed by atoms with E-state index in [1.54, 1.807) is 0 Å². The molecule has 0 bridgehead atoms. The summed E-state index contributed by atoms with van der Waals surface area (Å²) in [4.78, 5) is 22.0. The first-order chi connectivity index (χ1) is 19.8. The van der Waals surface area contributed by atoms with Crippen molar-refractivity contribution in [2.24, 2.45) is 0 Å². The minimum absolute atomic E-state index is 0.255. The lowest BCUT2D eigenvalue weighted by atomic mass is 10.2. The van der Waals surface area contributed by atoms with Gasteiger partial charge < -0.3 is 57.4 Å². The third-order valence-corrected chi connectivity index (χ3v) is 4.42. The summed E-state index contributed by atoms with van der Waals surface area (Å²) >= 11 is 0. The number of ether oxygens (including phenoxy) is 11. The second-order valence-electron chi connectivity index (χ2n) is 9.28. The highest BCUT2D eigenvalue weighted by Crippen LogP contribution is 2.06. The maximum Gasteiger partial charge on any atom is 0.407 e. The Morgan fingerprint density at radius 2 is 0.732 bits per heavy atom. The normalized spacial score (nSPS) is 11.5. The zero-order valence-corrected chi connectivity index (χ0v) is 25.4. The van der Waals surface area contributed by atoms with Crippen molar-refractivity contribution in [2.75, 3.05) is 132 Å². The molecule has 244 valence electrons. The molecule has 0 rings (SSSR count). The van der Waals surface area contributed by atoms with Gasteiger partial charge in [0, 0.05) is 13.5 Å². The second kappa shape index (κ2) is 29.9. The molecule has 1 N–H and O–H groups in total. The van der Waals surface area contributed by atoms with Crippen LogP contribution in [0.5, 0.6) is 0 Å². The summed E-state index contributed by atoms with van der Waals surface area (Å²) in [7, 11) is 0. The minimum Gasteiger partial charge on any atom is -0.463 e. The zero-order valence-electron chi connectivity index (χ0n) is 25.4. The lowest BCUT2D eigenvalue weighted by Gasteiger charge is -2.19. The Bertz CT molecular complexity index is 590. The number of esters is 1. The van der Waals surface area contributed by atoms with Crippen LogP contribution in [0.25, 0.3) is 0 Å². The number of amides is 1. The zero-order chi connectivity index (χ0) is 30.3. The fourth-order valence-electron chi connectivity index (χ4n) is 2.65. The first-order valence-corrected chi connectivity index (χ1v) is 14.1. The molecule has 0 aromatic heterocycles. The van der Waals surface area contributed by atoms with Crippen LogP contribution in [-0.4, -0.2) is 150 Å². The van der Waals surface area contributed by atoms with E-state index < -0.39 is 11.7 Å². The van der Waals surface area contributed by atoms with E-state index in [9.17, 15) is 9.59 Å². The van der Waals surface area contributed by atoms with Gasteiger partial charge in [0.1, 0.15) is 12.2 Å². The molecule has 0 aliphatic heterocycles. The van der Waals surface area contributed by atoms with Crippen LogP contribution in [0.4, 0.5) is 4.79 Å². The van der Waals surface area contributed by atoms with Crippen molar-refractivity contribution in [1.29, 1.82) is 0 Å². The highest BCUT2D eigenvalue weighted by atomic mass is 16.6. The summed E-state index contributed by atoms with van der Waals surface area (Å²) in [6, 6.07) is 0. The van der Waals surface area contributed by atoms with Gasteiger partial charge in [0.05, 0.1) is 119 Å². The molecule has 0 aliphatic carbocycles. The van der Waals surface area contributed by atoms with Gasteiger partial charge in [-0.05, 0) is 20.8 Å². The van der Waals surface area contributed by atoms with Gasteiger partial charge >= 0.3 is 12.1 Å². The Morgan fingerprint density at radius 1 is 0.463 bits per heavy atom. The van der Waals surface area contributed by atoms with E-state index in [4.69, 9.17) is 52.1 Å². The summed E-state index contributed by atoms with van der Waals surface area (Å²) < 4.78 is 58.4. The molecule has 0 heterocycles. The smallest absolute Gasteiger partial charge is 0.407 e. The number of alkyl carbamates (subject to hydrolysis) is 1. The molecule has 0 saturated heterocycles. The molecule has 0 radical (unpaired) electrons. The first-order valence-electron chi connectivity index (χ1n) is 14.1. The molecule has 0 aliphatic rings. The summed E-state index contributed by atoms with van der Waals surface area (Å²) in [6.45, 7) is 15.8. The van der Waals surface area contributed by atoms with Crippen molar-refractivity contribution in [2.45, 2.75) is 33.3 Å². The second-order valence-corrected chi connectivity index (χ2v) is 9.28. The van der Waals surface area contributed by atoms with E-state index in [0.29, 0.717) is 125 Å². The van der Waals surface area contributed by atoms with Gasteiger partial charge in [0.15, 0.2) is 0 Å². The molecule has 0 aromatic rings. The molecular formula is C27H53NO13. The maximum absolute atomic E-state index is 11.5. The van der Waals surface area contributed by atoms with Gasteiger partial charge in [-0.25, -0.2) is 4.79 Å². The molecule has 0 aromatic carbocycles. The standard InChI is InChI=1S/C27H53NO13/c1-25(29)40-24-23-39-22-21-38-20-19-37-18-17-36-16-15-35-14-13-34-12-11-33-10-9-32-8-7-31-6-5-28-26(30)41-27(2,3)4/h5-24H2,1-4H3,(H,28,30). The molecule has 0 spiro atoms. The van der Waals surface area contributed by atoms with E-state index in [-0.39, 0.29) is 12.6 Å². The van der Waals surface area contributed by atoms with Crippen molar-refractivity contribution in [3.05, 3.63) is 0 Å². The van der Waals surface area contributed by atoms with E-state index in [2.05, 4.69) is 5.32 Å². The van der Waals surface area contributed by atoms with Gasteiger partial charge in [-0.2, -0.15) is 0 Å². The van der Waals surface area contributed by atoms with Gasteiger partial charge in [-0.1, -0.05) is 0 Å². The van der Waals surface area contributed by atoms with E-state index in [0.717, 1.165) is 0 Å². The molecule has 1 amide bonds. The average Bonchev–Trinajstić information content (AvgIpc) is 2.90. The predicted octanol–water partition coefficient (Wildman–Crippen LogP) is 1.22. The van der Waals surface area contributed by atoms with Crippen LogP contribution >= 0.6 is 0 Å². The van der Waals surface area contributed by atoms with Crippen LogP contribution in [-0.2, 0) is 56.9 Å². The first kappa shape index (κ1) is 39.4. The predicted molar refractivity (Wildman–Crippen MR) is 148 cm³/mol. The van der Waals surface area contributed by atoms with Crippen LogP contribution in [0.3, 0.4) is 0 Å². The summed E-state index contributed by atoms with van der Waals surface area (Å²) in [5.74, 6) is -0.314. The quantitative estimate of drug-likeness (QED) is 0.0933. The lowest BCUT2D eigenvalue weighted by Crippen LogP contribution is -2.34. The third kappa shape index (κ3) is 36.4. The van der Waals surface area contributed by atoms with E-state index in [1.165, 1.54) is 6.92 Å². The molecule has 14 heteroatoms. The number of carbonyl (C=O) groups excluding carboxylic acids is 2. The Kier molecular flexibility index (Phi) is 28.7. The fourth-order valence-corrected chi connectivity index (χ4v) is 2.65. The molecule has 0 fully saturated rings. The number of carbonyl (C=O) groups is 2. The van der Waals surface area contributed by atoms with Gasteiger partial charge in [0.25, 0.3) is 0 Å². The van der Waals surface area contributed by atoms with Crippen molar-refractivity contribution >= 4 is 12.1 Å². The van der Waals surface area contributed by atoms with E-state index >= 15 is 0 Å². The third-order valence-electron chi connectivity index (χ3n) is 4.42. The summed E-state index contributed by atoms with van der Waals surface area (Å²) in [5, 5.41) is 2.62. The largest absolute Gasteiger partial charge is 0.463 e. The molecule has 41 heavy (non-hydrogen) atoms. The van der Waals surface area contributed by atoms with Crippen molar-refractivity contribution in [3.63, 3.8) is 0 Å². The van der Waals surface area contributed by atoms with Gasteiger partial charge in [-0.3, -0.25) is 4.79 Å². The number of nitrogens with one attached hydrogen (secondary N) is 1. The van der Waals surface area contributed by atoms with Crippen molar-refractivity contribution in [3.8, 4) is 0 Å². The SMILES string of the molecule is CC(=O)OCCOCCOCCOCCOCCOCCOCCOCCOCCOCCNC(=O)OC(C)(C)C. The van der Waals surface area contributed by atoms with Gasteiger partial charge in [0.2, 0.25) is 0 Å². The van der Waals surface area contributed by atoms with E-state index in [1.807, 2.05) is 20.8 Å². The Hall–Kier alpha value is -1.62. The molecular weight excluding hydrogens is 546 g/mol. The van der Waals surface area contributed by atoms with Crippen LogP contribution in [0.1, 0.15) is 27.7 Å². The summed E-state index contributed by atoms with van der Waals surface area (Å²) in [5.41, 5.74) is -0.512. The Morgan fingerprint density at radius 3 is 1.00 bits per heavy atom. The molecule has 0 saturated carbocycles. The monoisotopic (exact) mass is 599 g/mol. The minimum atomic E-state index is -0.512. The Labute approximate surface area is 244 Å². The molecule has 0 atom stereocenters. The van der Waals surface area contributed by atoms with Crippen molar-refractivity contribution in [1.82, 2.24) is 5.32 Å². The van der Waals surface area contributed by atoms with Crippen LogP contribution in [0.15, 0.2) is 0 Å². The van der Waals surface area contributed by atoms with Gasteiger partial charge in [-0.15, -0.1) is 0 Å². The maximum atomic E-state index is 11.5. The fraction of sp³-hybridized carbons (Fsp3) is 0.926. The topological polar surface area (TPSA) is 148 Å². The van der Waals surface area contributed by atoms with Crippen LogP contribution < -0.4 is 5.32 Å². The summed E-state index contributed by atoms with van der Waals surface area (Å²) in [6.07, 6.45) is -0.455. The van der Waals surface area contributed by atoms with Crippen LogP contribution in [0, 0.1) is 0 Å². The number of hydrogen-bond donors (Lipinski definition) is 1. The molecule has 0 unspecified atom stereocenters.